The molecule has 1 heterocycles. The lowest BCUT2D eigenvalue weighted by atomic mass is 10.1. The summed E-state index contributed by atoms with van der Waals surface area (Å²) in [5, 5.41) is 16.4. The number of nitrogens with zero attached hydrogens (tertiary/aromatic N) is 2. The molecule has 0 aliphatic rings. The summed E-state index contributed by atoms with van der Waals surface area (Å²) in [5.74, 6) is -0.700. The number of hydrogen-bond donors (Lipinski definition) is 2. The Morgan fingerprint density at radius 2 is 2.03 bits per heavy atom. The summed E-state index contributed by atoms with van der Waals surface area (Å²) in [4.78, 5) is 24.9. The first-order valence-electron chi connectivity index (χ1n) is 9.95. The van der Waals surface area contributed by atoms with Crippen LogP contribution in [0.2, 0.25) is 5.02 Å². The number of carbonyl (C=O) groups excluding carboxylic acids is 2. The van der Waals surface area contributed by atoms with E-state index in [1.54, 1.807) is 36.1 Å². The van der Waals surface area contributed by atoms with E-state index >= 15 is 0 Å². The maximum absolute atomic E-state index is 12.7. The minimum absolute atomic E-state index is 0.0610. The number of rotatable bonds is 8. The highest BCUT2D eigenvalue weighted by Crippen LogP contribution is 2.25. The Kier molecular flexibility index (Phi) is 7.66. The number of halogens is 1. The molecule has 2 N–H and O–H groups in total. The molecule has 8 heteroatoms. The van der Waals surface area contributed by atoms with Crippen molar-refractivity contribution in [3.8, 4) is 6.07 Å². The second kappa shape index (κ2) is 10.6. The van der Waals surface area contributed by atoms with Crippen molar-refractivity contribution in [2.45, 2.75) is 13.5 Å². The van der Waals surface area contributed by atoms with Crippen LogP contribution >= 0.6 is 11.6 Å². The number of amides is 2. The van der Waals surface area contributed by atoms with E-state index in [0.717, 1.165) is 16.5 Å². The van der Waals surface area contributed by atoms with Crippen molar-refractivity contribution in [1.82, 2.24) is 9.88 Å². The smallest absolute Gasteiger partial charge is 0.266 e. The van der Waals surface area contributed by atoms with Crippen molar-refractivity contribution in [3.63, 3.8) is 0 Å². The van der Waals surface area contributed by atoms with Gasteiger partial charge in [-0.15, -0.1) is 0 Å². The van der Waals surface area contributed by atoms with Gasteiger partial charge in [0.25, 0.3) is 5.91 Å². The lowest BCUT2D eigenvalue weighted by Crippen LogP contribution is -2.30. The van der Waals surface area contributed by atoms with Crippen LogP contribution in [0, 0.1) is 18.3 Å². The molecule has 0 fully saturated rings. The van der Waals surface area contributed by atoms with E-state index in [0.29, 0.717) is 29.4 Å². The van der Waals surface area contributed by atoms with Gasteiger partial charge in [-0.25, -0.2) is 0 Å². The number of fused-ring (bicyclic) bond motifs is 1. The van der Waals surface area contributed by atoms with Crippen LogP contribution in [0.3, 0.4) is 0 Å². The molecule has 2 amide bonds. The molecular formula is C24H23ClN4O3. The highest BCUT2D eigenvalue weighted by Gasteiger charge is 2.14. The normalized spacial score (nSPS) is 11.2. The van der Waals surface area contributed by atoms with Crippen LogP contribution < -0.4 is 10.6 Å². The molecule has 3 rings (SSSR count). The molecule has 7 nitrogen and oxygen atoms in total. The molecule has 2 aromatic carbocycles. The van der Waals surface area contributed by atoms with Gasteiger partial charge in [0.2, 0.25) is 5.91 Å². The summed E-state index contributed by atoms with van der Waals surface area (Å²) in [5.41, 5.74) is 2.82. The Hall–Kier alpha value is -3.60. The number of nitriles is 1. The van der Waals surface area contributed by atoms with Gasteiger partial charge in [0, 0.05) is 47.0 Å². The monoisotopic (exact) mass is 450 g/mol. The second-order valence-corrected chi connectivity index (χ2v) is 7.57. The summed E-state index contributed by atoms with van der Waals surface area (Å²) in [7, 11) is 1.57. The number of nitrogens with one attached hydrogen (secondary N) is 2. The van der Waals surface area contributed by atoms with Gasteiger partial charge in [0.15, 0.2) is 0 Å². The molecule has 0 unspecified atom stereocenters. The van der Waals surface area contributed by atoms with E-state index in [2.05, 4.69) is 10.6 Å². The summed E-state index contributed by atoms with van der Waals surface area (Å²) < 4.78 is 6.73. The zero-order valence-electron chi connectivity index (χ0n) is 17.8. The number of aryl methyl sites for hydroxylation is 1. The second-order valence-electron chi connectivity index (χ2n) is 7.16. The Balaban J connectivity index is 1.86. The number of anilines is 1. The average Bonchev–Trinajstić information content (AvgIpc) is 3.12. The van der Waals surface area contributed by atoms with Gasteiger partial charge < -0.3 is 19.9 Å². The fourth-order valence-corrected chi connectivity index (χ4v) is 3.38. The molecule has 0 spiro atoms. The third-order valence-corrected chi connectivity index (χ3v) is 5.26. The molecule has 0 bridgehead atoms. The molecule has 0 aliphatic carbocycles. The van der Waals surface area contributed by atoms with Crippen molar-refractivity contribution >= 4 is 46.1 Å². The number of benzene rings is 2. The topological polar surface area (TPSA) is 96.2 Å². The predicted octanol–water partition coefficient (Wildman–Crippen LogP) is 3.91. The van der Waals surface area contributed by atoms with Crippen molar-refractivity contribution in [3.05, 3.63) is 70.4 Å². The van der Waals surface area contributed by atoms with E-state index in [4.69, 9.17) is 16.3 Å². The average molecular weight is 451 g/mol. The summed E-state index contributed by atoms with van der Waals surface area (Å²) in [6.07, 6.45) is 3.28. The number of aromatic nitrogens is 1. The predicted molar refractivity (Wildman–Crippen MR) is 125 cm³/mol. The highest BCUT2D eigenvalue weighted by molar-refractivity contribution is 6.31. The minimum atomic E-state index is -0.540. The maximum Gasteiger partial charge on any atom is 0.266 e. The molecule has 0 saturated carbocycles. The van der Waals surface area contributed by atoms with Crippen LogP contribution in [-0.2, 0) is 20.9 Å². The van der Waals surface area contributed by atoms with Gasteiger partial charge >= 0.3 is 0 Å². The lowest BCUT2D eigenvalue weighted by Gasteiger charge is -2.06. The van der Waals surface area contributed by atoms with Crippen LogP contribution in [0.25, 0.3) is 17.0 Å². The van der Waals surface area contributed by atoms with Gasteiger partial charge in [-0.3, -0.25) is 9.59 Å². The van der Waals surface area contributed by atoms with Gasteiger partial charge in [0.1, 0.15) is 18.2 Å². The van der Waals surface area contributed by atoms with Gasteiger partial charge in [0.05, 0.1) is 6.61 Å². The Labute approximate surface area is 191 Å². The van der Waals surface area contributed by atoms with Crippen LogP contribution in [0.5, 0.6) is 0 Å². The molecule has 0 radical (unpaired) electrons. The van der Waals surface area contributed by atoms with Crippen molar-refractivity contribution < 1.29 is 14.3 Å². The van der Waals surface area contributed by atoms with Crippen LogP contribution in [0.4, 0.5) is 5.69 Å². The van der Waals surface area contributed by atoms with Crippen LogP contribution in [0.1, 0.15) is 11.1 Å². The summed E-state index contributed by atoms with van der Waals surface area (Å²) in [6.45, 7) is 2.82. The Morgan fingerprint density at radius 3 is 2.75 bits per heavy atom. The van der Waals surface area contributed by atoms with Gasteiger partial charge in [-0.2, -0.15) is 5.26 Å². The first-order chi connectivity index (χ1) is 15.4. The van der Waals surface area contributed by atoms with Crippen LogP contribution in [0.15, 0.2) is 54.2 Å². The standard InChI is InChI=1S/C24H23ClN4O3/c1-16-7-8-19(12-21(16)25)28-24(31)17(13-26)11-18-14-29(15-23(30)27-9-10-32-2)22-6-4-3-5-20(18)22/h3-8,11-12,14H,9-10,15H2,1-2H3,(H,27,30)(H,28,31). The largest absolute Gasteiger partial charge is 0.383 e. The number of ether oxygens (including phenoxy) is 1. The van der Waals surface area contributed by atoms with Crippen molar-refractivity contribution in [1.29, 1.82) is 5.26 Å². The molecule has 164 valence electrons. The third-order valence-electron chi connectivity index (χ3n) is 4.86. The number of methoxy groups -OCH3 is 1. The first kappa shape index (κ1) is 23.1. The molecule has 0 aliphatic heterocycles. The Morgan fingerprint density at radius 1 is 1.25 bits per heavy atom. The zero-order chi connectivity index (χ0) is 23.1. The fraction of sp³-hybridized carbons (Fsp3) is 0.208. The maximum atomic E-state index is 12.7. The lowest BCUT2D eigenvalue weighted by molar-refractivity contribution is -0.121. The SMILES string of the molecule is COCCNC(=O)Cn1cc(C=C(C#N)C(=O)Nc2ccc(C)c(Cl)c2)c2ccccc21. The number of para-hydroxylation sites is 1. The van der Waals surface area contributed by atoms with Crippen LogP contribution in [-0.4, -0.2) is 36.6 Å². The molecule has 3 aromatic rings. The van der Waals surface area contributed by atoms with E-state index in [9.17, 15) is 14.9 Å². The number of carbonyl (C=O) groups is 2. The van der Waals surface area contributed by atoms with E-state index < -0.39 is 5.91 Å². The Bertz CT molecular complexity index is 1220. The number of hydrogen-bond acceptors (Lipinski definition) is 4. The van der Waals surface area contributed by atoms with Gasteiger partial charge in [-0.1, -0.05) is 35.9 Å². The van der Waals surface area contributed by atoms with Crippen molar-refractivity contribution in [2.75, 3.05) is 25.6 Å². The molecule has 0 atom stereocenters. The molecule has 1 aromatic heterocycles. The summed E-state index contributed by atoms with van der Waals surface area (Å²) in [6, 6.07) is 14.6. The fourth-order valence-electron chi connectivity index (χ4n) is 3.20. The molecule has 0 saturated heterocycles. The zero-order valence-corrected chi connectivity index (χ0v) is 18.6. The third kappa shape index (κ3) is 5.55. The molecular weight excluding hydrogens is 428 g/mol. The van der Waals surface area contributed by atoms with Gasteiger partial charge in [-0.05, 0) is 36.8 Å². The first-order valence-corrected chi connectivity index (χ1v) is 10.3. The van der Waals surface area contributed by atoms with E-state index in [1.807, 2.05) is 37.3 Å². The summed E-state index contributed by atoms with van der Waals surface area (Å²) >= 11 is 6.12. The van der Waals surface area contributed by atoms with E-state index in [1.165, 1.54) is 6.08 Å². The minimum Gasteiger partial charge on any atom is -0.383 e. The molecule has 32 heavy (non-hydrogen) atoms. The quantitative estimate of drug-likeness (QED) is 0.309. The van der Waals surface area contributed by atoms with E-state index in [-0.39, 0.29) is 18.0 Å². The highest BCUT2D eigenvalue weighted by atomic mass is 35.5. The van der Waals surface area contributed by atoms with Crippen molar-refractivity contribution in [2.24, 2.45) is 0 Å².